The molecule has 1 rings (SSSR count). The molecule has 4 heteroatoms. The third kappa shape index (κ3) is 4.03. The fourth-order valence-corrected chi connectivity index (χ4v) is 1.20. The molecular weight excluding hydrogens is 218 g/mol. The van der Waals surface area contributed by atoms with Crippen molar-refractivity contribution in [3.05, 3.63) is 42.5 Å². The van der Waals surface area contributed by atoms with E-state index < -0.39 is 0 Å². The molecule has 0 aromatic heterocycles. The van der Waals surface area contributed by atoms with Crippen LogP contribution < -0.4 is 10.1 Å². The van der Waals surface area contributed by atoms with Crippen LogP contribution in [-0.4, -0.2) is 24.7 Å². The first-order valence-electron chi connectivity index (χ1n) is 5.11. The molecule has 0 fully saturated rings. The van der Waals surface area contributed by atoms with E-state index in [2.05, 4.69) is 11.9 Å². The minimum absolute atomic E-state index is 0.0701. The molecule has 0 aliphatic carbocycles. The van der Waals surface area contributed by atoms with Gasteiger partial charge in [-0.05, 0) is 23.8 Å². The Morgan fingerprint density at radius 2 is 2.35 bits per heavy atom. The highest BCUT2D eigenvalue weighted by Gasteiger charge is 2.00. The van der Waals surface area contributed by atoms with E-state index in [0.717, 1.165) is 5.56 Å². The van der Waals surface area contributed by atoms with Crippen LogP contribution in [0.5, 0.6) is 11.5 Å². The van der Waals surface area contributed by atoms with Gasteiger partial charge in [0.2, 0.25) is 5.91 Å². The molecule has 0 radical (unpaired) electrons. The number of hydrogen-bond acceptors (Lipinski definition) is 3. The molecule has 1 aromatic rings. The van der Waals surface area contributed by atoms with Crippen LogP contribution in [0, 0.1) is 0 Å². The summed E-state index contributed by atoms with van der Waals surface area (Å²) in [7, 11) is 1.47. The van der Waals surface area contributed by atoms with Crippen molar-refractivity contribution in [2.45, 2.75) is 0 Å². The summed E-state index contributed by atoms with van der Waals surface area (Å²) < 4.78 is 4.96. The summed E-state index contributed by atoms with van der Waals surface area (Å²) in [4.78, 5) is 11.3. The number of nitrogens with one attached hydrogen (secondary N) is 1. The Kier molecular flexibility index (Phi) is 4.81. The summed E-state index contributed by atoms with van der Waals surface area (Å²) in [6.45, 7) is 3.93. The van der Waals surface area contributed by atoms with E-state index in [1.807, 2.05) is 0 Å². The largest absolute Gasteiger partial charge is 0.504 e. The number of amides is 1. The van der Waals surface area contributed by atoms with Gasteiger partial charge in [-0.3, -0.25) is 4.79 Å². The number of phenols is 1. The summed E-state index contributed by atoms with van der Waals surface area (Å²) in [6.07, 6.45) is 4.66. The predicted octanol–water partition coefficient (Wildman–Crippen LogP) is 1.72. The third-order valence-corrected chi connectivity index (χ3v) is 2.05. The number of methoxy groups -OCH3 is 1. The lowest BCUT2D eigenvalue weighted by Gasteiger charge is -2.03. The number of phenolic OH excluding ortho intramolecular Hbond substituents is 1. The van der Waals surface area contributed by atoms with Gasteiger partial charge >= 0.3 is 0 Å². The maximum Gasteiger partial charge on any atom is 0.244 e. The van der Waals surface area contributed by atoms with Crippen LogP contribution in [0.2, 0.25) is 0 Å². The van der Waals surface area contributed by atoms with E-state index in [-0.39, 0.29) is 11.7 Å². The maximum absolute atomic E-state index is 11.3. The molecule has 4 nitrogen and oxygen atoms in total. The Labute approximate surface area is 100 Å². The van der Waals surface area contributed by atoms with Gasteiger partial charge in [0, 0.05) is 12.6 Å². The Bertz CT molecular complexity index is 438. The Morgan fingerprint density at radius 1 is 1.59 bits per heavy atom. The summed E-state index contributed by atoms with van der Waals surface area (Å²) >= 11 is 0. The zero-order chi connectivity index (χ0) is 12.7. The minimum Gasteiger partial charge on any atom is -0.504 e. The van der Waals surface area contributed by atoms with Crippen LogP contribution in [0.4, 0.5) is 0 Å². The van der Waals surface area contributed by atoms with Crippen LogP contribution in [0.25, 0.3) is 6.08 Å². The van der Waals surface area contributed by atoms with Crippen molar-refractivity contribution in [1.29, 1.82) is 0 Å². The van der Waals surface area contributed by atoms with Gasteiger partial charge in [-0.15, -0.1) is 6.58 Å². The minimum atomic E-state index is -0.197. The number of rotatable bonds is 5. The van der Waals surface area contributed by atoms with Gasteiger partial charge in [0.15, 0.2) is 11.5 Å². The second-order valence-corrected chi connectivity index (χ2v) is 3.30. The predicted molar refractivity (Wildman–Crippen MR) is 66.9 cm³/mol. The number of ether oxygens (including phenoxy) is 1. The average molecular weight is 233 g/mol. The molecule has 0 saturated heterocycles. The van der Waals surface area contributed by atoms with E-state index in [4.69, 9.17) is 4.74 Å². The quantitative estimate of drug-likeness (QED) is 0.601. The topological polar surface area (TPSA) is 58.6 Å². The second-order valence-electron chi connectivity index (χ2n) is 3.30. The van der Waals surface area contributed by atoms with Crippen molar-refractivity contribution in [1.82, 2.24) is 5.32 Å². The van der Waals surface area contributed by atoms with Crippen LogP contribution in [-0.2, 0) is 4.79 Å². The average Bonchev–Trinajstić information content (AvgIpc) is 2.35. The van der Waals surface area contributed by atoms with Crippen LogP contribution >= 0.6 is 0 Å². The standard InChI is InChI=1S/C13H15NO3/c1-3-8-14-13(16)7-5-10-4-6-11(15)12(9-10)17-2/h3-7,9,15H,1,8H2,2H3,(H,14,16). The highest BCUT2D eigenvalue weighted by Crippen LogP contribution is 2.26. The molecule has 2 N–H and O–H groups in total. The van der Waals surface area contributed by atoms with Crippen LogP contribution in [0.3, 0.4) is 0 Å². The lowest BCUT2D eigenvalue weighted by Crippen LogP contribution is -2.20. The molecule has 0 aliphatic rings. The molecule has 0 spiro atoms. The molecular formula is C13H15NO3. The first-order valence-corrected chi connectivity index (χ1v) is 5.11. The number of carbonyl (C=O) groups is 1. The van der Waals surface area contributed by atoms with E-state index >= 15 is 0 Å². The monoisotopic (exact) mass is 233 g/mol. The molecule has 1 amide bonds. The molecule has 0 heterocycles. The van der Waals surface area contributed by atoms with E-state index in [1.54, 1.807) is 24.3 Å². The number of benzene rings is 1. The Hall–Kier alpha value is -2.23. The zero-order valence-corrected chi connectivity index (χ0v) is 9.64. The van der Waals surface area contributed by atoms with Gasteiger partial charge in [0.25, 0.3) is 0 Å². The van der Waals surface area contributed by atoms with Crippen molar-refractivity contribution in [2.24, 2.45) is 0 Å². The van der Waals surface area contributed by atoms with Crippen molar-refractivity contribution in [3.63, 3.8) is 0 Å². The second kappa shape index (κ2) is 6.37. The molecule has 0 saturated carbocycles. The Balaban J connectivity index is 2.71. The van der Waals surface area contributed by atoms with Crippen molar-refractivity contribution < 1.29 is 14.6 Å². The van der Waals surface area contributed by atoms with Gasteiger partial charge in [-0.25, -0.2) is 0 Å². The Morgan fingerprint density at radius 3 is 3.00 bits per heavy atom. The van der Waals surface area contributed by atoms with Gasteiger partial charge in [0.1, 0.15) is 0 Å². The molecule has 0 bridgehead atoms. The normalized spacial score (nSPS) is 10.2. The van der Waals surface area contributed by atoms with E-state index in [1.165, 1.54) is 19.3 Å². The summed E-state index contributed by atoms with van der Waals surface area (Å²) in [6, 6.07) is 4.85. The fraction of sp³-hybridized carbons (Fsp3) is 0.154. The molecule has 0 atom stereocenters. The van der Waals surface area contributed by atoms with Crippen molar-refractivity contribution >= 4 is 12.0 Å². The van der Waals surface area contributed by atoms with Crippen molar-refractivity contribution in [3.8, 4) is 11.5 Å². The van der Waals surface area contributed by atoms with E-state index in [0.29, 0.717) is 12.3 Å². The first kappa shape index (κ1) is 12.8. The molecule has 17 heavy (non-hydrogen) atoms. The lowest BCUT2D eigenvalue weighted by atomic mass is 10.2. The van der Waals surface area contributed by atoms with E-state index in [9.17, 15) is 9.90 Å². The first-order chi connectivity index (χ1) is 8.17. The molecule has 0 unspecified atom stereocenters. The molecule has 1 aromatic carbocycles. The van der Waals surface area contributed by atoms with Gasteiger partial charge in [-0.1, -0.05) is 12.1 Å². The summed E-state index contributed by atoms with van der Waals surface area (Å²) in [5.41, 5.74) is 0.772. The van der Waals surface area contributed by atoms with Gasteiger partial charge in [-0.2, -0.15) is 0 Å². The van der Waals surface area contributed by atoms with Gasteiger partial charge < -0.3 is 15.2 Å². The molecule has 90 valence electrons. The molecule has 0 aliphatic heterocycles. The fourth-order valence-electron chi connectivity index (χ4n) is 1.20. The summed E-state index contributed by atoms with van der Waals surface area (Å²) in [5, 5.41) is 12.0. The summed E-state index contributed by atoms with van der Waals surface area (Å²) in [5.74, 6) is 0.247. The van der Waals surface area contributed by atoms with Crippen LogP contribution in [0.15, 0.2) is 36.9 Å². The SMILES string of the molecule is C=CCNC(=O)C=Cc1ccc(O)c(OC)c1. The third-order valence-electron chi connectivity index (χ3n) is 2.05. The lowest BCUT2D eigenvalue weighted by molar-refractivity contribution is -0.116. The van der Waals surface area contributed by atoms with Crippen molar-refractivity contribution in [2.75, 3.05) is 13.7 Å². The highest BCUT2D eigenvalue weighted by atomic mass is 16.5. The smallest absolute Gasteiger partial charge is 0.244 e. The number of carbonyl (C=O) groups excluding carboxylic acids is 1. The highest BCUT2D eigenvalue weighted by molar-refractivity contribution is 5.91. The zero-order valence-electron chi connectivity index (χ0n) is 9.64. The van der Waals surface area contributed by atoms with Gasteiger partial charge in [0.05, 0.1) is 7.11 Å². The number of hydrogen-bond donors (Lipinski definition) is 2. The van der Waals surface area contributed by atoms with Crippen LogP contribution in [0.1, 0.15) is 5.56 Å². The maximum atomic E-state index is 11.3. The number of aromatic hydroxyl groups is 1.